The quantitative estimate of drug-likeness (QED) is 0.370. The predicted molar refractivity (Wildman–Crippen MR) is 65.2 cm³/mol. The first-order chi connectivity index (χ1) is 10.6. The molecule has 0 unspecified atom stereocenters. The van der Waals surface area contributed by atoms with Gasteiger partial charge in [-0.25, -0.2) is 0 Å². The highest BCUT2D eigenvalue weighted by Crippen LogP contribution is 2.57. The van der Waals surface area contributed by atoms with Crippen molar-refractivity contribution in [3.63, 3.8) is 0 Å². The van der Waals surface area contributed by atoms with Gasteiger partial charge in [-0.2, -0.15) is 43.9 Å². The summed E-state index contributed by atoms with van der Waals surface area (Å²) in [6, 6.07) is 0. The standard InChI is InChI=1S/C13H18F10O/c1-2-3-4-5-6-7-9(14,15)11(18,19)13(22,23)12(20,21)10(16,17)8-24/h24H,2-8H2,1H3. The van der Waals surface area contributed by atoms with E-state index < -0.39 is 49.1 Å². The highest BCUT2D eigenvalue weighted by atomic mass is 19.4. The molecule has 0 aliphatic heterocycles. The van der Waals surface area contributed by atoms with Crippen LogP contribution in [0.25, 0.3) is 0 Å². The number of aliphatic hydroxyl groups is 1. The first-order valence-corrected chi connectivity index (χ1v) is 7.12. The smallest absolute Gasteiger partial charge is 0.384 e. The van der Waals surface area contributed by atoms with Gasteiger partial charge in [-0.05, 0) is 6.42 Å². The van der Waals surface area contributed by atoms with Crippen molar-refractivity contribution in [3.8, 4) is 0 Å². The zero-order valence-electron chi connectivity index (χ0n) is 12.7. The van der Waals surface area contributed by atoms with Gasteiger partial charge in [-0.15, -0.1) is 0 Å². The zero-order chi connectivity index (χ0) is 19.4. The Morgan fingerprint density at radius 2 is 1.00 bits per heavy atom. The van der Waals surface area contributed by atoms with Gasteiger partial charge in [0.2, 0.25) is 0 Å². The van der Waals surface area contributed by atoms with Crippen LogP contribution in [0.15, 0.2) is 0 Å². The summed E-state index contributed by atoms with van der Waals surface area (Å²) in [7, 11) is 0. The Morgan fingerprint density at radius 3 is 1.42 bits per heavy atom. The van der Waals surface area contributed by atoms with Crippen LogP contribution >= 0.6 is 0 Å². The second-order valence-corrected chi connectivity index (χ2v) is 5.45. The molecule has 24 heavy (non-hydrogen) atoms. The van der Waals surface area contributed by atoms with Gasteiger partial charge in [0, 0.05) is 6.42 Å². The lowest BCUT2D eigenvalue weighted by atomic mass is 9.92. The maximum atomic E-state index is 13.4. The molecule has 0 aliphatic carbocycles. The fourth-order valence-corrected chi connectivity index (χ4v) is 1.86. The number of halogens is 10. The van der Waals surface area contributed by atoms with Crippen LogP contribution in [0.2, 0.25) is 0 Å². The van der Waals surface area contributed by atoms with Gasteiger partial charge in [0.25, 0.3) is 0 Å². The topological polar surface area (TPSA) is 20.2 Å². The third-order valence-corrected chi connectivity index (χ3v) is 3.50. The average molecular weight is 380 g/mol. The van der Waals surface area contributed by atoms with Gasteiger partial charge in [0.05, 0.1) is 0 Å². The van der Waals surface area contributed by atoms with Crippen LogP contribution in [-0.2, 0) is 0 Å². The van der Waals surface area contributed by atoms with Crippen molar-refractivity contribution < 1.29 is 49.0 Å². The van der Waals surface area contributed by atoms with E-state index in [9.17, 15) is 43.9 Å². The normalized spacial score (nSPS) is 15.0. The molecular weight excluding hydrogens is 362 g/mol. The van der Waals surface area contributed by atoms with Crippen molar-refractivity contribution in [2.24, 2.45) is 0 Å². The van der Waals surface area contributed by atoms with E-state index in [2.05, 4.69) is 0 Å². The number of alkyl halides is 10. The van der Waals surface area contributed by atoms with E-state index in [1.807, 2.05) is 0 Å². The minimum Gasteiger partial charge on any atom is -0.390 e. The molecular formula is C13H18F10O. The Kier molecular flexibility index (Phi) is 7.42. The summed E-state index contributed by atoms with van der Waals surface area (Å²) in [6.07, 6.45) is -0.978. The molecule has 0 fully saturated rings. The van der Waals surface area contributed by atoms with Crippen LogP contribution < -0.4 is 0 Å². The third kappa shape index (κ3) is 4.08. The number of hydrogen-bond donors (Lipinski definition) is 1. The lowest BCUT2D eigenvalue weighted by Gasteiger charge is -2.39. The molecule has 0 radical (unpaired) electrons. The average Bonchev–Trinajstić information content (AvgIpc) is 2.46. The van der Waals surface area contributed by atoms with E-state index in [-0.39, 0.29) is 6.42 Å². The van der Waals surface area contributed by atoms with Crippen LogP contribution in [0.5, 0.6) is 0 Å². The monoisotopic (exact) mass is 380 g/mol. The van der Waals surface area contributed by atoms with E-state index >= 15 is 0 Å². The van der Waals surface area contributed by atoms with Crippen LogP contribution in [-0.4, -0.2) is 41.3 Å². The molecule has 0 saturated carbocycles. The first kappa shape index (κ1) is 23.3. The van der Waals surface area contributed by atoms with Crippen molar-refractivity contribution in [2.45, 2.75) is 75.1 Å². The maximum Gasteiger partial charge on any atom is 0.384 e. The molecule has 0 spiro atoms. The van der Waals surface area contributed by atoms with Crippen molar-refractivity contribution >= 4 is 0 Å². The molecule has 11 heteroatoms. The minimum atomic E-state index is -7.07. The molecule has 1 nitrogen and oxygen atoms in total. The number of rotatable bonds is 11. The first-order valence-electron chi connectivity index (χ1n) is 7.12. The Balaban J connectivity index is 5.36. The lowest BCUT2D eigenvalue weighted by molar-refractivity contribution is -0.404. The van der Waals surface area contributed by atoms with Crippen molar-refractivity contribution in [3.05, 3.63) is 0 Å². The second kappa shape index (κ2) is 7.65. The molecule has 0 heterocycles. The van der Waals surface area contributed by atoms with E-state index in [1.165, 1.54) is 0 Å². The van der Waals surface area contributed by atoms with Gasteiger partial charge >= 0.3 is 29.6 Å². The molecule has 0 bridgehead atoms. The summed E-state index contributed by atoms with van der Waals surface area (Å²) in [6.45, 7) is -1.15. The summed E-state index contributed by atoms with van der Waals surface area (Å²) >= 11 is 0. The van der Waals surface area contributed by atoms with Gasteiger partial charge < -0.3 is 5.11 Å². The highest BCUT2D eigenvalue weighted by molar-refractivity contribution is 5.08. The van der Waals surface area contributed by atoms with Gasteiger partial charge in [-0.3, -0.25) is 0 Å². The Bertz CT molecular complexity index is 394. The minimum absolute atomic E-state index is 0.0335. The Morgan fingerprint density at radius 1 is 0.583 bits per heavy atom. The summed E-state index contributed by atoms with van der Waals surface area (Å²) in [4.78, 5) is 0. The van der Waals surface area contributed by atoms with Gasteiger partial charge in [0.15, 0.2) is 0 Å². The number of unbranched alkanes of at least 4 members (excludes halogenated alkanes) is 4. The Hall–Kier alpha value is -0.740. The molecule has 0 aromatic carbocycles. The molecule has 0 amide bonds. The van der Waals surface area contributed by atoms with E-state index in [0.29, 0.717) is 19.3 Å². The van der Waals surface area contributed by atoms with Crippen LogP contribution in [0, 0.1) is 0 Å². The Labute approximate surface area is 132 Å². The zero-order valence-corrected chi connectivity index (χ0v) is 12.7. The summed E-state index contributed by atoms with van der Waals surface area (Å²) in [5.74, 6) is -32.3. The molecule has 0 aliphatic rings. The summed E-state index contributed by atoms with van der Waals surface area (Å²) < 4.78 is 131. The lowest BCUT2D eigenvalue weighted by Crippen LogP contribution is -2.67. The fraction of sp³-hybridized carbons (Fsp3) is 1.00. The summed E-state index contributed by atoms with van der Waals surface area (Å²) in [5.41, 5.74) is 0. The summed E-state index contributed by atoms with van der Waals surface area (Å²) in [5, 5.41) is 7.99. The van der Waals surface area contributed by atoms with Crippen LogP contribution in [0.4, 0.5) is 43.9 Å². The molecule has 0 aromatic heterocycles. The van der Waals surface area contributed by atoms with Gasteiger partial charge in [-0.1, -0.05) is 32.6 Å². The SMILES string of the molecule is CCCCCCCC(F)(F)C(F)(F)C(F)(F)C(F)(F)C(F)(F)CO. The molecule has 146 valence electrons. The third-order valence-electron chi connectivity index (χ3n) is 3.50. The largest absolute Gasteiger partial charge is 0.390 e. The van der Waals surface area contributed by atoms with Gasteiger partial charge in [0.1, 0.15) is 6.61 Å². The molecule has 0 aromatic rings. The highest BCUT2D eigenvalue weighted by Gasteiger charge is 2.85. The van der Waals surface area contributed by atoms with E-state index in [1.54, 1.807) is 6.92 Å². The van der Waals surface area contributed by atoms with Crippen molar-refractivity contribution in [1.29, 1.82) is 0 Å². The number of aliphatic hydroxyl groups excluding tert-OH is 1. The molecule has 0 rings (SSSR count). The molecule has 1 N–H and O–H groups in total. The van der Waals surface area contributed by atoms with Crippen molar-refractivity contribution in [1.82, 2.24) is 0 Å². The molecule has 0 saturated heterocycles. The van der Waals surface area contributed by atoms with E-state index in [4.69, 9.17) is 5.11 Å². The van der Waals surface area contributed by atoms with Crippen LogP contribution in [0.1, 0.15) is 45.4 Å². The van der Waals surface area contributed by atoms with Crippen LogP contribution in [0.3, 0.4) is 0 Å². The predicted octanol–water partition coefficient (Wildman–Crippen LogP) is 5.52. The van der Waals surface area contributed by atoms with Crippen molar-refractivity contribution in [2.75, 3.05) is 6.61 Å². The second-order valence-electron chi connectivity index (χ2n) is 5.45. The number of hydrogen-bond acceptors (Lipinski definition) is 1. The maximum absolute atomic E-state index is 13.4. The fourth-order valence-electron chi connectivity index (χ4n) is 1.86. The van der Waals surface area contributed by atoms with E-state index in [0.717, 1.165) is 0 Å². The molecule has 0 atom stereocenters.